The van der Waals surface area contributed by atoms with Crippen molar-refractivity contribution >= 4 is 49.1 Å². The molecule has 0 saturated carbocycles. The van der Waals surface area contributed by atoms with Crippen LogP contribution in [0.15, 0.2) is 63.3 Å². The van der Waals surface area contributed by atoms with Crippen molar-refractivity contribution in [2.75, 3.05) is 25.5 Å². The molecule has 0 spiro atoms. The van der Waals surface area contributed by atoms with Gasteiger partial charge in [0.1, 0.15) is 5.84 Å². The molecule has 2 aromatic rings. The van der Waals surface area contributed by atoms with Crippen LogP contribution in [0.4, 0.5) is 5.69 Å². The van der Waals surface area contributed by atoms with E-state index in [1.807, 2.05) is 0 Å². The molecule has 0 aliphatic carbocycles. The van der Waals surface area contributed by atoms with E-state index in [0.717, 1.165) is 23.6 Å². The number of amidine groups is 1. The van der Waals surface area contributed by atoms with Crippen LogP contribution in [-0.4, -0.2) is 53.0 Å². The van der Waals surface area contributed by atoms with E-state index < -0.39 is 32.5 Å². The summed E-state index contributed by atoms with van der Waals surface area (Å²) in [6, 6.07) is 11.2. The topological polar surface area (TPSA) is 125 Å². The van der Waals surface area contributed by atoms with Crippen LogP contribution >= 0.6 is 11.6 Å². The molecule has 1 aliphatic rings. The minimum atomic E-state index is -3.87. The summed E-state index contributed by atoms with van der Waals surface area (Å²) in [5.74, 6) is -0.119. The molecule has 0 bridgehead atoms. The predicted molar refractivity (Wildman–Crippen MR) is 127 cm³/mol. The lowest BCUT2D eigenvalue weighted by molar-refractivity contribution is -0.116. The van der Waals surface area contributed by atoms with Crippen LogP contribution in [0.1, 0.15) is 25.7 Å². The second-order valence-corrected chi connectivity index (χ2v) is 11.7. The highest BCUT2D eigenvalue weighted by molar-refractivity contribution is 7.90. The number of hydrogen-bond donors (Lipinski definition) is 2. The Morgan fingerprint density at radius 1 is 0.970 bits per heavy atom. The summed E-state index contributed by atoms with van der Waals surface area (Å²) in [6.07, 6.45) is 3.42. The number of aliphatic imine (C=N–C) groups is 1. The first kappa shape index (κ1) is 25.2. The molecule has 3 rings (SSSR count). The molecule has 178 valence electrons. The van der Waals surface area contributed by atoms with Gasteiger partial charge in [0.25, 0.3) is 10.0 Å². The summed E-state index contributed by atoms with van der Waals surface area (Å²) in [6.45, 7) is 0.178. The van der Waals surface area contributed by atoms with Crippen molar-refractivity contribution in [2.45, 2.75) is 35.5 Å². The zero-order valence-electron chi connectivity index (χ0n) is 18.0. The molecule has 33 heavy (non-hydrogen) atoms. The third-order valence-corrected chi connectivity index (χ3v) is 8.43. The highest BCUT2D eigenvalue weighted by Gasteiger charge is 2.23. The smallest absolute Gasteiger partial charge is 0.262 e. The minimum absolute atomic E-state index is 0.0162. The average molecular weight is 513 g/mol. The predicted octanol–water partition coefficient (Wildman–Crippen LogP) is 2.85. The first-order valence-corrected chi connectivity index (χ1v) is 13.6. The fourth-order valence-corrected chi connectivity index (χ4v) is 5.51. The number of amides is 1. The number of sulfonamides is 2. The van der Waals surface area contributed by atoms with E-state index >= 15 is 0 Å². The Balaban J connectivity index is 1.61. The van der Waals surface area contributed by atoms with E-state index in [1.54, 1.807) is 0 Å². The number of halogens is 1. The Bertz CT molecular complexity index is 1230. The van der Waals surface area contributed by atoms with Crippen LogP contribution in [-0.2, 0) is 24.8 Å². The number of likely N-dealkylation sites (N-methyl/N-ethyl adjacent to an activating group) is 1. The van der Waals surface area contributed by atoms with E-state index in [4.69, 9.17) is 11.6 Å². The number of hydrogen-bond acceptors (Lipinski definition) is 6. The summed E-state index contributed by atoms with van der Waals surface area (Å²) in [5, 5.41) is 2.97. The molecule has 9 nitrogen and oxygen atoms in total. The average Bonchev–Trinajstić information content (AvgIpc) is 3.02. The number of nitrogens with zero attached hydrogens (tertiary/aromatic N) is 2. The van der Waals surface area contributed by atoms with Crippen LogP contribution in [0.25, 0.3) is 0 Å². The van der Waals surface area contributed by atoms with Crippen LogP contribution < -0.4 is 10.0 Å². The molecule has 1 heterocycles. The molecule has 12 heteroatoms. The van der Waals surface area contributed by atoms with Gasteiger partial charge in [0.15, 0.2) is 0 Å². The maximum absolute atomic E-state index is 12.6. The van der Waals surface area contributed by atoms with Crippen LogP contribution in [0, 0.1) is 0 Å². The van der Waals surface area contributed by atoms with Crippen molar-refractivity contribution in [1.82, 2.24) is 9.03 Å². The molecular weight excluding hydrogens is 488 g/mol. The van der Waals surface area contributed by atoms with Crippen LogP contribution in [0.3, 0.4) is 0 Å². The quantitative estimate of drug-likeness (QED) is 0.590. The number of anilines is 1. The summed E-state index contributed by atoms with van der Waals surface area (Å²) in [5.41, 5.74) is 0.336. The Labute approximate surface area is 199 Å². The summed E-state index contributed by atoms with van der Waals surface area (Å²) in [4.78, 5) is 16.7. The number of carbonyl (C=O) groups excluding carboxylic acids is 1. The second-order valence-electron chi connectivity index (χ2n) is 7.53. The molecule has 0 radical (unpaired) electrons. The van der Waals surface area contributed by atoms with E-state index in [-0.39, 0.29) is 9.79 Å². The Morgan fingerprint density at radius 3 is 2.27 bits per heavy atom. The molecule has 1 amide bonds. The summed E-state index contributed by atoms with van der Waals surface area (Å²) < 4.78 is 53.8. The highest BCUT2D eigenvalue weighted by atomic mass is 35.5. The van der Waals surface area contributed by atoms with Gasteiger partial charge in [-0.05, 0) is 61.4 Å². The van der Waals surface area contributed by atoms with Crippen molar-refractivity contribution in [3.05, 3.63) is 53.6 Å². The number of benzene rings is 2. The second kappa shape index (κ2) is 10.6. The Hall–Kier alpha value is -2.47. The van der Waals surface area contributed by atoms with Gasteiger partial charge in [0.2, 0.25) is 15.9 Å². The molecule has 0 unspecified atom stereocenters. The van der Waals surface area contributed by atoms with Gasteiger partial charge in [-0.1, -0.05) is 18.0 Å². The molecule has 2 aromatic carbocycles. The van der Waals surface area contributed by atoms with Crippen molar-refractivity contribution < 1.29 is 21.6 Å². The van der Waals surface area contributed by atoms with Gasteiger partial charge in [-0.3, -0.25) is 14.5 Å². The first-order valence-electron chi connectivity index (χ1n) is 10.3. The third-order valence-electron chi connectivity index (χ3n) is 4.96. The van der Waals surface area contributed by atoms with Gasteiger partial charge in [-0.15, -0.1) is 0 Å². The van der Waals surface area contributed by atoms with Gasteiger partial charge in [0, 0.05) is 30.7 Å². The first-order chi connectivity index (χ1) is 15.6. The molecule has 0 fully saturated rings. The lowest BCUT2D eigenvalue weighted by atomic mass is 10.2. The van der Waals surface area contributed by atoms with Gasteiger partial charge in [-0.2, -0.15) is 4.31 Å². The normalized spacial score (nSPS) is 14.9. The zero-order valence-corrected chi connectivity index (χ0v) is 20.4. The van der Waals surface area contributed by atoms with E-state index in [2.05, 4.69) is 15.0 Å². The third kappa shape index (κ3) is 6.76. The monoisotopic (exact) mass is 512 g/mol. The SMILES string of the molecule is CN(CC(=O)Nc1ccc(S(=O)(=O)NC2=NCCCCC2)cc1)S(=O)(=O)c1ccc(Cl)cc1. The van der Waals surface area contributed by atoms with Crippen LogP contribution in [0.5, 0.6) is 0 Å². The number of nitrogens with one attached hydrogen (secondary N) is 2. The van der Waals surface area contributed by atoms with Crippen LogP contribution in [0.2, 0.25) is 5.02 Å². The van der Waals surface area contributed by atoms with Crippen molar-refractivity contribution in [3.8, 4) is 0 Å². The standard InChI is InChI=1S/C21H25ClN4O5S2/c1-26(33(30,31)19-10-6-16(22)7-11-19)15-21(27)24-17-8-12-18(13-9-17)32(28,29)25-20-5-3-2-4-14-23-20/h6-13H,2-5,14-15H2,1H3,(H,23,25)(H,24,27). The maximum Gasteiger partial charge on any atom is 0.262 e. The fourth-order valence-electron chi connectivity index (χ4n) is 3.16. The fraction of sp³-hybridized carbons (Fsp3) is 0.333. The molecule has 0 aromatic heterocycles. The van der Waals surface area contributed by atoms with Gasteiger partial charge < -0.3 is 5.32 Å². The van der Waals surface area contributed by atoms with E-state index in [0.29, 0.717) is 29.5 Å². The van der Waals surface area contributed by atoms with Gasteiger partial charge >= 0.3 is 0 Å². The summed E-state index contributed by atoms with van der Waals surface area (Å²) in [7, 11) is -6.36. The molecule has 2 N–H and O–H groups in total. The van der Waals surface area contributed by atoms with E-state index in [1.165, 1.54) is 55.6 Å². The Kier molecular flexibility index (Phi) is 8.11. The van der Waals surface area contributed by atoms with Crippen molar-refractivity contribution in [1.29, 1.82) is 0 Å². The molecule has 0 saturated heterocycles. The number of carbonyl (C=O) groups is 1. The molecule has 1 aliphatic heterocycles. The lowest BCUT2D eigenvalue weighted by Gasteiger charge is -2.17. The lowest BCUT2D eigenvalue weighted by Crippen LogP contribution is -2.35. The Morgan fingerprint density at radius 2 is 1.61 bits per heavy atom. The molecular formula is C21H25ClN4O5S2. The molecule has 0 atom stereocenters. The number of rotatable bonds is 7. The highest BCUT2D eigenvalue weighted by Crippen LogP contribution is 2.18. The maximum atomic E-state index is 12.6. The van der Waals surface area contributed by atoms with E-state index in [9.17, 15) is 21.6 Å². The minimum Gasteiger partial charge on any atom is -0.325 e. The van der Waals surface area contributed by atoms with Gasteiger partial charge in [0.05, 0.1) is 16.3 Å². The van der Waals surface area contributed by atoms with Crippen molar-refractivity contribution in [2.24, 2.45) is 4.99 Å². The largest absolute Gasteiger partial charge is 0.325 e. The zero-order chi connectivity index (χ0) is 24.1. The summed E-state index contributed by atoms with van der Waals surface area (Å²) >= 11 is 5.79. The van der Waals surface area contributed by atoms with Crippen molar-refractivity contribution in [3.63, 3.8) is 0 Å². The van der Waals surface area contributed by atoms with Gasteiger partial charge in [-0.25, -0.2) is 16.8 Å².